The molecule has 0 aliphatic carbocycles. The van der Waals surface area contributed by atoms with Crippen molar-refractivity contribution in [1.82, 2.24) is 0 Å². The van der Waals surface area contributed by atoms with Crippen molar-refractivity contribution in [2.24, 2.45) is 0 Å². The molecule has 24 valence electrons. The Bertz CT molecular complexity index is 8.00. The summed E-state index contributed by atoms with van der Waals surface area (Å²) < 4.78 is 0. The van der Waals surface area contributed by atoms with Gasteiger partial charge in [-0.25, -0.2) is 0 Å². The third kappa shape index (κ3) is 8.84. The van der Waals surface area contributed by atoms with E-state index in [1.807, 2.05) is 0 Å². The Balaban J connectivity index is 0. The molecule has 0 bridgehead atoms. The summed E-state index contributed by atoms with van der Waals surface area (Å²) in [5, 5.41) is 0. The maximum absolute atomic E-state index is 0. The van der Waals surface area contributed by atoms with Gasteiger partial charge in [-0.2, -0.15) is 0 Å². The van der Waals surface area contributed by atoms with Crippen LogP contribution in [0.2, 0.25) is 0 Å². The first-order valence-electron chi connectivity index (χ1n) is 0. The van der Waals surface area contributed by atoms with Crippen molar-refractivity contribution in [3.63, 3.8) is 0 Å². The molecule has 0 fully saturated rings. The first-order chi connectivity index (χ1) is 0. The predicted molar refractivity (Wildman–Crippen MR) is 34.7 cm³/mol. The third-order valence-electron chi connectivity index (χ3n) is 0. The van der Waals surface area contributed by atoms with E-state index in [2.05, 4.69) is 0 Å². The summed E-state index contributed by atoms with van der Waals surface area (Å²) >= 11 is 0. The zero-order chi connectivity index (χ0) is 0. The molecule has 0 aromatic rings. The van der Waals surface area contributed by atoms with Gasteiger partial charge in [0.15, 0.2) is 0 Å². The largest absolute Gasteiger partial charge is 0.316 e. The fraction of sp³-hybridized carbons (Fsp3) is 0. The van der Waals surface area contributed by atoms with E-state index < -0.39 is 0 Å². The van der Waals surface area contributed by atoms with Crippen molar-refractivity contribution in [3.8, 4) is 0 Å². The van der Waals surface area contributed by atoms with Gasteiger partial charge in [0, 0.05) is 0 Å². The van der Waals surface area contributed by atoms with Crippen LogP contribution in [0.3, 0.4) is 0 Å². The van der Waals surface area contributed by atoms with E-state index >= 15 is 0 Å². The Hall–Kier alpha value is 2.80. The quantitative estimate of drug-likeness (QED) is 0.433. The molecule has 4 heteroatoms. The van der Waals surface area contributed by atoms with Crippen LogP contribution >= 0.6 is 29.4 Å². The molecule has 0 N–H and O–H groups in total. The minimum absolute atomic E-state index is 0. The van der Waals surface area contributed by atoms with Crippen LogP contribution in [-0.2, 0) is 0 Å². The van der Waals surface area contributed by atoms with Gasteiger partial charge in [-0.15, -0.1) is 29.4 Å². The normalized spacial score (nSPS) is 0. The molecule has 0 unspecified atom stereocenters. The Morgan fingerprint density at radius 3 is 1.00 bits per heavy atom. The SMILES string of the molecule is Br.Cl.[CaH2].[MgH2]. The summed E-state index contributed by atoms with van der Waals surface area (Å²) in [7, 11) is 0. The van der Waals surface area contributed by atoms with Crippen molar-refractivity contribution in [2.45, 2.75) is 0 Å². The maximum Gasteiger partial charge on any atom is 0.316 e. The fourth-order valence-electron chi connectivity index (χ4n) is 0. The number of hydrogen-bond acceptors (Lipinski definition) is 0. The molecule has 0 aromatic heterocycles. The molecule has 0 spiro atoms. The molecule has 0 radical (unpaired) electrons. The van der Waals surface area contributed by atoms with Crippen LogP contribution in [0.25, 0.3) is 0 Å². The van der Waals surface area contributed by atoms with Crippen molar-refractivity contribution in [2.75, 3.05) is 0 Å². The number of rotatable bonds is 0. The van der Waals surface area contributed by atoms with E-state index in [9.17, 15) is 0 Å². The van der Waals surface area contributed by atoms with E-state index in [0.29, 0.717) is 0 Å². The van der Waals surface area contributed by atoms with Crippen LogP contribution in [0, 0.1) is 0 Å². The van der Waals surface area contributed by atoms with Crippen LogP contribution in [0.5, 0.6) is 0 Å². The molecule has 0 amide bonds. The van der Waals surface area contributed by atoms with Crippen LogP contribution in [-0.4, -0.2) is 60.8 Å². The second-order valence-electron chi connectivity index (χ2n) is 0. The molecule has 0 heterocycles. The second kappa shape index (κ2) is 17.1. The van der Waals surface area contributed by atoms with Gasteiger partial charge in [0.2, 0.25) is 0 Å². The summed E-state index contributed by atoms with van der Waals surface area (Å²) in [4.78, 5) is 0. The number of halogens is 2. The minimum Gasteiger partial charge on any atom is 0.316 e. The van der Waals surface area contributed by atoms with Crippen molar-refractivity contribution in [1.29, 1.82) is 0 Å². The Labute approximate surface area is 88.4 Å². The molecule has 0 nitrogen and oxygen atoms in total. The Morgan fingerprint density at radius 2 is 1.00 bits per heavy atom. The van der Waals surface area contributed by atoms with Gasteiger partial charge < -0.3 is 0 Å². The average Bonchev–Trinajstić information content (AvgIpc) is 0. The first-order valence-corrected chi connectivity index (χ1v) is 0. The molecule has 0 saturated carbocycles. The average molecular weight is 186 g/mol. The van der Waals surface area contributed by atoms with Gasteiger partial charge in [-0.05, 0) is 0 Å². The Kier molecular flexibility index (Phi) is 125. The van der Waals surface area contributed by atoms with Gasteiger partial charge in [-0.1, -0.05) is 0 Å². The smallest absolute Gasteiger partial charge is 0.316 e. The molecule has 0 aliphatic rings. The predicted octanol–water partition coefficient (Wildman–Crippen LogP) is -0.833. The maximum atomic E-state index is 0. The zero-order valence-corrected chi connectivity index (χ0v) is 3.35. The summed E-state index contributed by atoms with van der Waals surface area (Å²) in [6.07, 6.45) is 0. The van der Waals surface area contributed by atoms with E-state index in [-0.39, 0.29) is 90.2 Å². The van der Waals surface area contributed by atoms with Gasteiger partial charge in [0.1, 0.15) is 0 Å². The fourth-order valence-corrected chi connectivity index (χ4v) is 0. The van der Waals surface area contributed by atoms with E-state index in [0.717, 1.165) is 0 Å². The summed E-state index contributed by atoms with van der Waals surface area (Å²) in [6.45, 7) is 0. The molecule has 0 rings (SSSR count). The van der Waals surface area contributed by atoms with Crippen LogP contribution in [0.15, 0.2) is 0 Å². The van der Waals surface area contributed by atoms with E-state index in [4.69, 9.17) is 0 Å². The standard InChI is InChI=1S/BrH.Ca.ClH.Mg.4H/h1H;;1H;;;;;. The second-order valence-corrected chi connectivity index (χ2v) is 0. The van der Waals surface area contributed by atoms with Gasteiger partial charge >= 0.3 is 60.8 Å². The molecule has 0 aromatic carbocycles. The van der Waals surface area contributed by atoms with Gasteiger partial charge in [0.05, 0.1) is 0 Å². The van der Waals surface area contributed by atoms with Gasteiger partial charge in [0.25, 0.3) is 0 Å². The molecule has 4 heavy (non-hydrogen) atoms. The van der Waals surface area contributed by atoms with E-state index in [1.165, 1.54) is 0 Å². The van der Waals surface area contributed by atoms with Crippen molar-refractivity contribution < 1.29 is 0 Å². The molecule has 0 saturated heterocycles. The molecular weight excluding hydrogens is 180 g/mol. The molecular formula is H6BrCaClMg. The van der Waals surface area contributed by atoms with E-state index in [1.54, 1.807) is 0 Å². The summed E-state index contributed by atoms with van der Waals surface area (Å²) in [5.41, 5.74) is 0. The monoisotopic (exact) mass is 184 g/mol. The van der Waals surface area contributed by atoms with Crippen LogP contribution in [0.1, 0.15) is 0 Å². The minimum atomic E-state index is 0. The topological polar surface area (TPSA) is 0 Å². The van der Waals surface area contributed by atoms with Crippen LogP contribution < -0.4 is 0 Å². The zero-order valence-electron chi connectivity index (χ0n) is 0.816. The first kappa shape index (κ1) is 29.2. The summed E-state index contributed by atoms with van der Waals surface area (Å²) in [5.74, 6) is 0. The number of hydrogen-bond donors (Lipinski definition) is 0. The molecule has 0 aliphatic heterocycles. The van der Waals surface area contributed by atoms with Crippen molar-refractivity contribution in [3.05, 3.63) is 0 Å². The van der Waals surface area contributed by atoms with Crippen molar-refractivity contribution >= 4 is 90.2 Å². The van der Waals surface area contributed by atoms with Gasteiger partial charge in [-0.3, -0.25) is 0 Å². The summed E-state index contributed by atoms with van der Waals surface area (Å²) in [6, 6.07) is 0. The van der Waals surface area contributed by atoms with Crippen LogP contribution in [0.4, 0.5) is 0 Å². The molecule has 0 atom stereocenters. The Morgan fingerprint density at radius 1 is 1.00 bits per heavy atom. The third-order valence-corrected chi connectivity index (χ3v) is 0.